The minimum atomic E-state index is -1.06. The van der Waals surface area contributed by atoms with Crippen molar-refractivity contribution in [1.29, 1.82) is 0 Å². The molecular formula is C25H28N2O6. The molecule has 1 aromatic heterocycles. The Morgan fingerprint density at radius 3 is 2.36 bits per heavy atom. The van der Waals surface area contributed by atoms with Crippen LogP contribution in [0.25, 0.3) is 10.9 Å². The van der Waals surface area contributed by atoms with Crippen molar-refractivity contribution >= 4 is 29.1 Å². The summed E-state index contributed by atoms with van der Waals surface area (Å²) in [6.07, 6.45) is 0.480. The van der Waals surface area contributed by atoms with Crippen molar-refractivity contribution in [3.05, 3.63) is 71.9 Å². The molecule has 174 valence electrons. The Balaban J connectivity index is 1.70. The normalized spacial score (nSPS) is 12.2. The van der Waals surface area contributed by atoms with Crippen LogP contribution in [0.3, 0.4) is 0 Å². The number of alkyl carbamates (subject to hydrolysis) is 1. The van der Waals surface area contributed by atoms with Gasteiger partial charge in [-0.05, 0) is 44.4 Å². The highest BCUT2D eigenvalue weighted by atomic mass is 16.6. The van der Waals surface area contributed by atoms with Crippen LogP contribution in [0.2, 0.25) is 0 Å². The molecule has 1 atom stereocenters. The average Bonchev–Trinajstić information content (AvgIpc) is 3.13. The van der Waals surface area contributed by atoms with Gasteiger partial charge in [-0.25, -0.2) is 9.59 Å². The Labute approximate surface area is 192 Å². The highest BCUT2D eigenvalue weighted by Crippen LogP contribution is 2.25. The number of fused-ring (bicyclic) bond motifs is 1. The van der Waals surface area contributed by atoms with Crippen molar-refractivity contribution < 1.29 is 29.0 Å². The SMILES string of the molecule is CC(C)(C)OC(=O)n1cc(C[C@H](CNC(=O)OCc2ccccc2)C(=O)O)c2ccccc21. The number of hydrogen-bond acceptors (Lipinski definition) is 5. The predicted octanol–water partition coefficient (Wildman–Crippen LogP) is 4.59. The Kier molecular flexibility index (Phi) is 7.37. The maximum absolute atomic E-state index is 12.7. The van der Waals surface area contributed by atoms with Gasteiger partial charge in [0.25, 0.3) is 0 Å². The van der Waals surface area contributed by atoms with Gasteiger partial charge in [-0.3, -0.25) is 9.36 Å². The first-order chi connectivity index (χ1) is 15.6. The molecule has 0 fully saturated rings. The molecule has 3 rings (SSSR count). The standard InChI is InChI=1S/C25H28N2O6/c1-25(2,3)33-24(31)27-15-19(20-11-7-8-12-21(20)27)13-18(22(28)29)14-26-23(30)32-16-17-9-5-4-6-10-17/h4-12,15,18H,13-14,16H2,1-3H3,(H,26,30)(H,28,29)/t18-/m1/s1. The lowest BCUT2D eigenvalue weighted by Crippen LogP contribution is -2.34. The van der Waals surface area contributed by atoms with Gasteiger partial charge in [-0.1, -0.05) is 48.5 Å². The van der Waals surface area contributed by atoms with Crippen molar-refractivity contribution in [1.82, 2.24) is 9.88 Å². The lowest BCUT2D eigenvalue weighted by atomic mass is 9.99. The predicted molar refractivity (Wildman–Crippen MR) is 123 cm³/mol. The topological polar surface area (TPSA) is 107 Å². The fourth-order valence-electron chi connectivity index (χ4n) is 3.37. The van der Waals surface area contributed by atoms with Gasteiger partial charge in [0, 0.05) is 18.1 Å². The Hall–Kier alpha value is -3.81. The summed E-state index contributed by atoms with van der Waals surface area (Å²) in [6, 6.07) is 16.4. The molecule has 8 heteroatoms. The highest BCUT2D eigenvalue weighted by Gasteiger charge is 2.24. The van der Waals surface area contributed by atoms with Crippen LogP contribution in [0.5, 0.6) is 0 Å². The van der Waals surface area contributed by atoms with E-state index in [-0.39, 0.29) is 19.6 Å². The quantitative estimate of drug-likeness (QED) is 0.543. The van der Waals surface area contributed by atoms with E-state index in [1.54, 1.807) is 39.1 Å². The first kappa shape index (κ1) is 23.8. The molecule has 1 heterocycles. The van der Waals surface area contributed by atoms with Gasteiger partial charge in [-0.2, -0.15) is 0 Å². The summed E-state index contributed by atoms with van der Waals surface area (Å²) in [7, 11) is 0. The van der Waals surface area contributed by atoms with Crippen LogP contribution in [0.1, 0.15) is 31.9 Å². The van der Waals surface area contributed by atoms with Crippen LogP contribution in [-0.4, -0.2) is 40.0 Å². The molecule has 0 spiro atoms. The molecule has 1 amide bonds. The van der Waals surface area contributed by atoms with Crippen molar-refractivity contribution in [2.24, 2.45) is 5.92 Å². The van der Waals surface area contributed by atoms with Crippen LogP contribution >= 0.6 is 0 Å². The summed E-state index contributed by atoms with van der Waals surface area (Å²) in [6.45, 7) is 5.31. The summed E-state index contributed by atoms with van der Waals surface area (Å²) < 4.78 is 12.0. The van der Waals surface area contributed by atoms with E-state index in [4.69, 9.17) is 9.47 Å². The van der Waals surface area contributed by atoms with Gasteiger partial charge >= 0.3 is 18.2 Å². The number of benzene rings is 2. The Morgan fingerprint density at radius 1 is 1.03 bits per heavy atom. The fourth-order valence-corrected chi connectivity index (χ4v) is 3.37. The maximum Gasteiger partial charge on any atom is 0.419 e. The van der Waals surface area contributed by atoms with Crippen LogP contribution in [-0.2, 0) is 27.3 Å². The summed E-state index contributed by atoms with van der Waals surface area (Å²) >= 11 is 0. The number of carboxylic acids is 1. The average molecular weight is 453 g/mol. The van der Waals surface area contributed by atoms with Gasteiger partial charge < -0.3 is 19.9 Å². The smallest absolute Gasteiger partial charge is 0.419 e. The largest absolute Gasteiger partial charge is 0.481 e. The number of ether oxygens (including phenoxy) is 2. The van der Waals surface area contributed by atoms with E-state index in [1.165, 1.54) is 4.57 Å². The van der Waals surface area contributed by atoms with E-state index < -0.39 is 29.7 Å². The zero-order valence-electron chi connectivity index (χ0n) is 18.9. The number of hydrogen-bond donors (Lipinski definition) is 2. The molecule has 2 N–H and O–H groups in total. The molecule has 0 radical (unpaired) electrons. The number of carboxylic acid groups (broad SMARTS) is 1. The van der Waals surface area contributed by atoms with Crippen molar-refractivity contribution in [2.45, 2.75) is 39.4 Å². The number of carbonyl (C=O) groups excluding carboxylic acids is 2. The van der Waals surface area contributed by atoms with Gasteiger partial charge in [0.15, 0.2) is 0 Å². The third-order valence-electron chi connectivity index (χ3n) is 4.91. The number of nitrogens with zero attached hydrogens (tertiary/aromatic N) is 1. The molecule has 0 aliphatic rings. The zero-order chi connectivity index (χ0) is 24.0. The molecule has 0 bridgehead atoms. The number of amides is 1. The van der Waals surface area contributed by atoms with E-state index >= 15 is 0 Å². The molecule has 0 saturated carbocycles. The fraction of sp³-hybridized carbons (Fsp3) is 0.320. The summed E-state index contributed by atoms with van der Waals surface area (Å²) in [5.74, 6) is -1.97. The summed E-state index contributed by atoms with van der Waals surface area (Å²) in [5.41, 5.74) is 1.46. The number of rotatable bonds is 7. The van der Waals surface area contributed by atoms with E-state index in [0.29, 0.717) is 11.1 Å². The highest BCUT2D eigenvalue weighted by molar-refractivity contribution is 5.92. The molecule has 3 aromatic rings. The number of para-hydroxylation sites is 1. The van der Waals surface area contributed by atoms with Crippen molar-refractivity contribution in [3.63, 3.8) is 0 Å². The molecular weight excluding hydrogens is 424 g/mol. The lowest BCUT2D eigenvalue weighted by Gasteiger charge is -2.19. The molecule has 0 aliphatic heterocycles. The molecule has 8 nitrogen and oxygen atoms in total. The van der Waals surface area contributed by atoms with Crippen LogP contribution in [0, 0.1) is 5.92 Å². The summed E-state index contributed by atoms with van der Waals surface area (Å²) in [5, 5.41) is 13.0. The zero-order valence-corrected chi connectivity index (χ0v) is 18.9. The first-order valence-corrected chi connectivity index (χ1v) is 10.6. The molecule has 0 aliphatic carbocycles. The van der Waals surface area contributed by atoms with Gasteiger partial charge in [0.1, 0.15) is 12.2 Å². The van der Waals surface area contributed by atoms with E-state index in [2.05, 4.69) is 5.32 Å². The summed E-state index contributed by atoms with van der Waals surface area (Å²) in [4.78, 5) is 36.6. The molecule has 0 saturated heterocycles. The van der Waals surface area contributed by atoms with Gasteiger partial charge in [0.05, 0.1) is 11.4 Å². The second-order valence-electron chi connectivity index (χ2n) is 8.70. The molecule has 33 heavy (non-hydrogen) atoms. The van der Waals surface area contributed by atoms with Crippen LogP contribution < -0.4 is 5.32 Å². The number of carbonyl (C=O) groups is 3. The monoisotopic (exact) mass is 452 g/mol. The van der Waals surface area contributed by atoms with E-state index in [0.717, 1.165) is 10.9 Å². The lowest BCUT2D eigenvalue weighted by molar-refractivity contribution is -0.141. The van der Waals surface area contributed by atoms with E-state index in [9.17, 15) is 19.5 Å². The van der Waals surface area contributed by atoms with Crippen LogP contribution in [0.15, 0.2) is 60.8 Å². The number of aliphatic carboxylic acids is 1. The van der Waals surface area contributed by atoms with Gasteiger partial charge in [0.2, 0.25) is 0 Å². The number of aromatic nitrogens is 1. The third kappa shape index (κ3) is 6.58. The second kappa shape index (κ2) is 10.2. The first-order valence-electron chi connectivity index (χ1n) is 10.6. The molecule has 0 unspecified atom stereocenters. The maximum atomic E-state index is 12.7. The Morgan fingerprint density at radius 2 is 1.70 bits per heavy atom. The minimum Gasteiger partial charge on any atom is -0.481 e. The van der Waals surface area contributed by atoms with Crippen LogP contribution in [0.4, 0.5) is 9.59 Å². The molecule has 2 aromatic carbocycles. The van der Waals surface area contributed by atoms with Gasteiger partial charge in [-0.15, -0.1) is 0 Å². The van der Waals surface area contributed by atoms with E-state index in [1.807, 2.05) is 42.5 Å². The number of nitrogens with one attached hydrogen (secondary N) is 1. The van der Waals surface area contributed by atoms with Crippen molar-refractivity contribution in [3.8, 4) is 0 Å². The Bertz CT molecular complexity index is 1130. The third-order valence-corrected chi connectivity index (χ3v) is 4.91. The minimum absolute atomic E-state index is 0.0911. The van der Waals surface area contributed by atoms with Crippen molar-refractivity contribution in [2.75, 3.05) is 6.54 Å². The second-order valence-corrected chi connectivity index (χ2v) is 8.70.